The first-order valence-electron chi connectivity index (χ1n) is 13.9. The molecule has 5 rings (SSSR count). The summed E-state index contributed by atoms with van der Waals surface area (Å²) in [5.41, 5.74) is 1.85. The van der Waals surface area contributed by atoms with Crippen molar-refractivity contribution < 1.29 is 19.5 Å². The zero-order chi connectivity index (χ0) is 25.4. The predicted octanol–water partition coefficient (Wildman–Crippen LogP) is 6.35. The van der Waals surface area contributed by atoms with Crippen LogP contribution in [0.15, 0.2) is 12.1 Å². The molecule has 1 N–H and O–H groups in total. The maximum atomic E-state index is 14.1. The monoisotopic (exact) mass is 512 g/mol. The number of nitrogens with zero attached hydrogens (tertiary/aromatic N) is 2. The molecule has 2 heterocycles. The van der Waals surface area contributed by atoms with E-state index in [-0.39, 0.29) is 29.2 Å². The minimum atomic E-state index is -0.942. The van der Waals surface area contributed by atoms with Crippen LogP contribution in [0.5, 0.6) is 0 Å². The Morgan fingerprint density at radius 3 is 2.42 bits per heavy atom. The van der Waals surface area contributed by atoms with Gasteiger partial charge in [-0.25, -0.2) is 4.79 Å². The van der Waals surface area contributed by atoms with E-state index < -0.39 is 5.97 Å². The Hall–Kier alpha value is -2.15. The van der Waals surface area contributed by atoms with Gasteiger partial charge in [0.1, 0.15) is 4.88 Å². The molecular weight excluding hydrogens is 472 g/mol. The number of carbonyl (C=O) groups excluding carboxylic acids is 2. The summed E-state index contributed by atoms with van der Waals surface area (Å²) in [5.74, 6) is 0.00809. The van der Waals surface area contributed by atoms with Crippen LogP contribution in [-0.2, 0) is 9.59 Å². The lowest BCUT2D eigenvalue weighted by Crippen LogP contribution is -2.48. The lowest BCUT2D eigenvalue weighted by atomic mass is 9.71. The number of carbonyl (C=O) groups is 3. The largest absolute Gasteiger partial charge is 0.477 e. The Bertz CT molecular complexity index is 1040. The highest BCUT2D eigenvalue weighted by Gasteiger charge is 2.46. The summed E-state index contributed by atoms with van der Waals surface area (Å²) in [6.45, 7) is 3.05. The number of carboxylic acids is 1. The van der Waals surface area contributed by atoms with Crippen molar-refractivity contribution in [3.05, 3.63) is 21.9 Å². The van der Waals surface area contributed by atoms with Crippen LogP contribution in [0.3, 0.4) is 0 Å². The van der Waals surface area contributed by atoms with Crippen molar-refractivity contribution in [3.63, 3.8) is 0 Å². The molecule has 7 heteroatoms. The van der Waals surface area contributed by atoms with Gasteiger partial charge in [-0.3, -0.25) is 9.59 Å². The van der Waals surface area contributed by atoms with Crippen LogP contribution in [0.1, 0.15) is 105 Å². The van der Waals surface area contributed by atoms with Crippen molar-refractivity contribution in [1.29, 1.82) is 0 Å². The van der Waals surface area contributed by atoms with Gasteiger partial charge in [-0.15, -0.1) is 11.3 Å². The summed E-state index contributed by atoms with van der Waals surface area (Å²) in [5, 5.41) is 10.2. The molecule has 3 fully saturated rings. The summed E-state index contributed by atoms with van der Waals surface area (Å²) in [6, 6.07) is 2.00. The molecule has 1 aromatic rings. The van der Waals surface area contributed by atoms with Crippen molar-refractivity contribution in [2.75, 3.05) is 18.5 Å². The van der Waals surface area contributed by atoms with Gasteiger partial charge in [0, 0.05) is 36.9 Å². The molecule has 1 aromatic heterocycles. The maximum absolute atomic E-state index is 14.1. The molecule has 3 aliphatic carbocycles. The number of aromatic carboxylic acids is 1. The van der Waals surface area contributed by atoms with Gasteiger partial charge in [-0.2, -0.15) is 0 Å². The summed E-state index contributed by atoms with van der Waals surface area (Å²) in [6.07, 6.45) is 14.5. The Balaban J connectivity index is 1.46. The lowest BCUT2D eigenvalue weighted by Gasteiger charge is -2.42. The zero-order valence-electron chi connectivity index (χ0n) is 21.8. The Morgan fingerprint density at radius 2 is 1.83 bits per heavy atom. The van der Waals surface area contributed by atoms with Gasteiger partial charge >= 0.3 is 5.97 Å². The van der Waals surface area contributed by atoms with E-state index in [0.717, 1.165) is 82.1 Å². The Morgan fingerprint density at radius 1 is 1.11 bits per heavy atom. The molecule has 0 atom stereocenters. The van der Waals surface area contributed by atoms with Crippen LogP contribution >= 0.6 is 11.3 Å². The molecule has 2 amide bonds. The number of hydrogen-bond acceptors (Lipinski definition) is 4. The van der Waals surface area contributed by atoms with Gasteiger partial charge < -0.3 is 14.9 Å². The molecule has 1 spiro atoms. The number of amides is 2. The predicted molar refractivity (Wildman–Crippen MR) is 143 cm³/mol. The first-order valence-corrected chi connectivity index (χ1v) is 14.7. The third-order valence-corrected chi connectivity index (χ3v) is 10.5. The minimum absolute atomic E-state index is 0.00984. The first kappa shape index (κ1) is 25.5. The molecule has 1 aliphatic heterocycles. The topological polar surface area (TPSA) is 77.9 Å². The van der Waals surface area contributed by atoms with E-state index in [4.69, 9.17) is 0 Å². The summed E-state index contributed by atoms with van der Waals surface area (Å²) in [4.78, 5) is 43.9. The molecule has 0 bridgehead atoms. The van der Waals surface area contributed by atoms with E-state index in [1.165, 1.54) is 23.3 Å². The number of likely N-dealkylation sites (tertiary alicyclic amines) is 1. The molecule has 1 saturated heterocycles. The van der Waals surface area contributed by atoms with Gasteiger partial charge in [-0.1, -0.05) is 13.0 Å². The number of allylic oxidation sites excluding steroid dienone is 2. The highest BCUT2D eigenvalue weighted by Crippen LogP contribution is 2.47. The van der Waals surface area contributed by atoms with Gasteiger partial charge in [0.05, 0.1) is 5.69 Å². The fourth-order valence-electron chi connectivity index (χ4n) is 7.04. The first-order chi connectivity index (χ1) is 17.3. The zero-order valence-corrected chi connectivity index (χ0v) is 22.6. The number of hydrogen-bond donors (Lipinski definition) is 1. The quantitative estimate of drug-likeness (QED) is 0.498. The summed E-state index contributed by atoms with van der Waals surface area (Å²) >= 11 is 1.34. The van der Waals surface area contributed by atoms with Crippen LogP contribution < -0.4 is 4.90 Å². The molecule has 6 nitrogen and oxygen atoms in total. The van der Waals surface area contributed by atoms with Crippen LogP contribution in [0.25, 0.3) is 5.57 Å². The van der Waals surface area contributed by atoms with Crippen molar-refractivity contribution in [2.45, 2.75) is 96.4 Å². The van der Waals surface area contributed by atoms with Crippen molar-refractivity contribution in [2.24, 2.45) is 17.3 Å². The van der Waals surface area contributed by atoms with Gasteiger partial charge in [0.25, 0.3) is 0 Å². The molecule has 4 aliphatic rings. The van der Waals surface area contributed by atoms with Gasteiger partial charge in [0.2, 0.25) is 11.8 Å². The van der Waals surface area contributed by atoms with E-state index in [1.54, 1.807) is 0 Å². The molecule has 0 radical (unpaired) electrons. The Labute approximate surface area is 218 Å². The van der Waals surface area contributed by atoms with Crippen LogP contribution in [0, 0.1) is 17.3 Å². The van der Waals surface area contributed by atoms with Crippen LogP contribution in [0.2, 0.25) is 0 Å². The molecule has 0 aromatic carbocycles. The van der Waals surface area contributed by atoms with Crippen molar-refractivity contribution >= 4 is 40.4 Å². The normalized spacial score (nSPS) is 30.9. The standard InChI is InChI=1S/C29H40N2O4S/c1-19-8-10-21(11-9-19)27(33)31(22-12-14-29(15-13-22)17-25(32)30(2)18-29)23-16-24(36-26(23)28(34)35)20-6-4-3-5-7-20/h6,16,19,21-22H,3-5,7-15,17-18H2,1-2H3,(H,34,35). The van der Waals surface area contributed by atoms with Crippen molar-refractivity contribution in [3.8, 4) is 0 Å². The molecule has 2 saturated carbocycles. The van der Waals surface area contributed by atoms with Crippen molar-refractivity contribution in [1.82, 2.24) is 4.90 Å². The second-order valence-corrected chi connectivity index (χ2v) is 13.0. The maximum Gasteiger partial charge on any atom is 0.348 e. The highest BCUT2D eigenvalue weighted by atomic mass is 32.1. The molecule has 36 heavy (non-hydrogen) atoms. The average Bonchev–Trinajstić information content (AvgIpc) is 3.43. The van der Waals surface area contributed by atoms with E-state index in [2.05, 4.69) is 13.0 Å². The fourth-order valence-corrected chi connectivity index (χ4v) is 8.10. The third kappa shape index (κ3) is 5.00. The third-order valence-electron chi connectivity index (χ3n) is 9.28. The van der Waals surface area contributed by atoms with E-state index in [0.29, 0.717) is 22.9 Å². The average molecular weight is 513 g/mol. The van der Waals surface area contributed by atoms with Crippen LogP contribution in [0.4, 0.5) is 5.69 Å². The van der Waals surface area contributed by atoms with E-state index >= 15 is 0 Å². The highest BCUT2D eigenvalue weighted by molar-refractivity contribution is 7.15. The summed E-state index contributed by atoms with van der Waals surface area (Å²) < 4.78 is 0. The molecule has 0 unspecified atom stereocenters. The van der Waals surface area contributed by atoms with Crippen LogP contribution in [-0.4, -0.2) is 47.4 Å². The SMILES string of the molecule is CC1CCC(C(=O)N(c2cc(C3=CCCCC3)sc2C(=O)O)C2CCC3(CC2)CC(=O)N(C)C3)CC1. The smallest absolute Gasteiger partial charge is 0.348 e. The number of anilines is 1. The second kappa shape index (κ2) is 10.3. The second-order valence-electron chi connectivity index (χ2n) is 11.9. The lowest BCUT2D eigenvalue weighted by molar-refractivity contribution is -0.127. The number of thiophene rings is 1. The molecule has 196 valence electrons. The number of carboxylic acid groups (broad SMARTS) is 1. The van der Waals surface area contributed by atoms with E-state index in [9.17, 15) is 19.5 Å². The van der Waals surface area contributed by atoms with E-state index in [1.807, 2.05) is 22.9 Å². The number of rotatable bonds is 5. The molecular formula is C29H40N2O4S. The summed E-state index contributed by atoms with van der Waals surface area (Å²) in [7, 11) is 1.88. The Kier molecular flexibility index (Phi) is 7.30. The minimum Gasteiger partial charge on any atom is -0.477 e. The van der Waals surface area contributed by atoms with Gasteiger partial charge in [-0.05, 0) is 100 Å². The van der Waals surface area contributed by atoms with Gasteiger partial charge in [0.15, 0.2) is 0 Å². The fraction of sp³-hybridized carbons (Fsp3) is 0.690.